The van der Waals surface area contributed by atoms with E-state index in [0.29, 0.717) is 55.8 Å². The van der Waals surface area contributed by atoms with Crippen LogP contribution in [0, 0.1) is 5.82 Å². The van der Waals surface area contributed by atoms with Crippen molar-refractivity contribution in [2.24, 2.45) is 0 Å². The molecule has 2 aliphatic heterocycles. The van der Waals surface area contributed by atoms with Gasteiger partial charge in [0, 0.05) is 55.8 Å². The number of nitrogens with zero attached hydrogens (tertiary/aromatic N) is 1. The Morgan fingerprint density at radius 3 is 2.67 bits per heavy atom. The van der Waals surface area contributed by atoms with E-state index >= 15 is 0 Å². The summed E-state index contributed by atoms with van der Waals surface area (Å²) in [5.74, 6) is -0.232. The molecule has 0 bridgehead atoms. The molecule has 0 saturated carbocycles. The summed E-state index contributed by atoms with van der Waals surface area (Å²) in [4.78, 5) is 2.24. The topological polar surface area (TPSA) is 44.7 Å². The average Bonchev–Trinajstić information content (AvgIpc) is 2.58. The molecule has 2 aliphatic rings. The van der Waals surface area contributed by atoms with Gasteiger partial charge in [0.05, 0.1) is 5.60 Å². The van der Waals surface area contributed by atoms with Crippen LogP contribution in [0.3, 0.4) is 0 Å². The summed E-state index contributed by atoms with van der Waals surface area (Å²) in [5.41, 5.74) is -0.0436. The van der Waals surface area contributed by atoms with Gasteiger partial charge in [0.25, 0.3) is 0 Å². The number of ether oxygens (including phenoxy) is 1. The Morgan fingerprint density at radius 2 is 2.00 bits per heavy atom. The lowest BCUT2D eigenvalue weighted by molar-refractivity contribution is -0.0635. The van der Waals surface area contributed by atoms with Crippen molar-refractivity contribution < 1.29 is 14.2 Å². The summed E-state index contributed by atoms with van der Waals surface area (Å²) in [6.07, 6.45) is 3.40. The van der Waals surface area contributed by atoms with Crippen molar-refractivity contribution in [3.63, 3.8) is 0 Å². The number of halogens is 2. The molecule has 0 aliphatic carbocycles. The highest BCUT2D eigenvalue weighted by Crippen LogP contribution is 2.23. The normalized spacial score (nSPS) is 22.6. The van der Waals surface area contributed by atoms with E-state index in [1.54, 1.807) is 12.1 Å². The third kappa shape index (κ3) is 4.67. The van der Waals surface area contributed by atoms with Crippen molar-refractivity contribution in [2.45, 2.75) is 43.9 Å². The standard InChI is InChI=1S/C18H26ClFN2O2/c19-16-2-1-3-17(20)15(16)12-22-8-4-14(5-9-22)21-13-18(23)6-10-24-11-7-18/h1-3,14,21,23H,4-13H2. The summed E-state index contributed by atoms with van der Waals surface area (Å²) in [7, 11) is 0. The van der Waals surface area contributed by atoms with Gasteiger partial charge in [0.2, 0.25) is 0 Å². The second kappa shape index (κ2) is 8.11. The summed E-state index contributed by atoms with van der Waals surface area (Å²) in [5, 5.41) is 14.5. The van der Waals surface area contributed by atoms with E-state index in [0.717, 1.165) is 25.9 Å². The van der Waals surface area contributed by atoms with Crippen LogP contribution in [0.25, 0.3) is 0 Å². The first kappa shape index (κ1) is 18.1. The van der Waals surface area contributed by atoms with E-state index < -0.39 is 5.60 Å². The molecule has 0 spiro atoms. The second-order valence-corrected chi connectivity index (χ2v) is 7.38. The van der Waals surface area contributed by atoms with Crippen LogP contribution in [0.4, 0.5) is 4.39 Å². The quantitative estimate of drug-likeness (QED) is 0.851. The van der Waals surface area contributed by atoms with Crippen molar-refractivity contribution in [2.75, 3.05) is 32.8 Å². The van der Waals surface area contributed by atoms with Crippen LogP contribution in [0.1, 0.15) is 31.2 Å². The Hall–Kier alpha value is -0.720. The molecule has 2 saturated heterocycles. The zero-order valence-corrected chi connectivity index (χ0v) is 14.7. The first-order valence-electron chi connectivity index (χ1n) is 8.74. The van der Waals surface area contributed by atoms with Gasteiger partial charge in [0.15, 0.2) is 0 Å². The van der Waals surface area contributed by atoms with Crippen LogP contribution in [-0.4, -0.2) is 54.5 Å². The molecule has 0 radical (unpaired) electrons. The van der Waals surface area contributed by atoms with Crippen LogP contribution in [0.5, 0.6) is 0 Å². The molecule has 2 fully saturated rings. The number of piperidine rings is 1. The molecule has 1 aromatic carbocycles. The first-order chi connectivity index (χ1) is 11.6. The Labute approximate surface area is 147 Å². The molecule has 0 amide bonds. The second-order valence-electron chi connectivity index (χ2n) is 6.97. The van der Waals surface area contributed by atoms with E-state index in [1.807, 2.05) is 0 Å². The van der Waals surface area contributed by atoms with Gasteiger partial charge in [-0.2, -0.15) is 0 Å². The van der Waals surface area contributed by atoms with E-state index in [9.17, 15) is 9.50 Å². The predicted octanol–water partition coefficient (Wildman–Crippen LogP) is 2.57. The van der Waals surface area contributed by atoms with Gasteiger partial charge in [-0.25, -0.2) is 4.39 Å². The number of benzene rings is 1. The minimum atomic E-state index is -0.629. The number of likely N-dealkylation sites (tertiary alicyclic amines) is 1. The number of nitrogens with one attached hydrogen (secondary N) is 1. The van der Waals surface area contributed by atoms with E-state index in [4.69, 9.17) is 16.3 Å². The number of rotatable bonds is 5. The highest BCUT2D eigenvalue weighted by Gasteiger charge is 2.31. The minimum Gasteiger partial charge on any atom is -0.388 e. The van der Waals surface area contributed by atoms with Crippen LogP contribution in [0.15, 0.2) is 18.2 Å². The first-order valence-corrected chi connectivity index (χ1v) is 9.12. The molecule has 3 rings (SSSR count). The number of hydrogen-bond acceptors (Lipinski definition) is 4. The Bertz CT molecular complexity index is 524. The molecule has 0 unspecified atom stereocenters. The van der Waals surface area contributed by atoms with Crippen LogP contribution in [0.2, 0.25) is 5.02 Å². The summed E-state index contributed by atoms with van der Waals surface area (Å²) in [6, 6.07) is 5.25. The fourth-order valence-corrected chi connectivity index (χ4v) is 3.69. The van der Waals surface area contributed by atoms with Crippen LogP contribution < -0.4 is 5.32 Å². The Morgan fingerprint density at radius 1 is 1.29 bits per heavy atom. The van der Waals surface area contributed by atoms with Gasteiger partial charge in [-0.05, 0) is 38.1 Å². The molecular weight excluding hydrogens is 331 g/mol. The van der Waals surface area contributed by atoms with E-state index in [-0.39, 0.29) is 5.82 Å². The van der Waals surface area contributed by atoms with Gasteiger partial charge in [-0.1, -0.05) is 17.7 Å². The molecule has 2 heterocycles. The smallest absolute Gasteiger partial charge is 0.129 e. The molecule has 0 aromatic heterocycles. The van der Waals surface area contributed by atoms with E-state index in [1.165, 1.54) is 6.07 Å². The molecule has 0 atom stereocenters. The lowest BCUT2D eigenvalue weighted by Gasteiger charge is -2.37. The molecule has 24 heavy (non-hydrogen) atoms. The summed E-state index contributed by atoms with van der Waals surface area (Å²) >= 11 is 6.11. The monoisotopic (exact) mass is 356 g/mol. The molecule has 6 heteroatoms. The van der Waals surface area contributed by atoms with Crippen LogP contribution >= 0.6 is 11.6 Å². The van der Waals surface area contributed by atoms with Crippen molar-refractivity contribution in [1.82, 2.24) is 10.2 Å². The Kier molecular flexibility index (Phi) is 6.11. The maximum atomic E-state index is 13.9. The summed E-state index contributed by atoms with van der Waals surface area (Å²) < 4.78 is 19.2. The zero-order valence-electron chi connectivity index (χ0n) is 13.9. The minimum absolute atomic E-state index is 0.232. The molecular formula is C18H26ClFN2O2. The fraction of sp³-hybridized carbons (Fsp3) is 0.667. The van der Waals surface area contributed by atoms with Gasteiger partial charge in [-0.15, -0.1) is 0 Å². The molecule has 4 nitrogen and oxygen atoms in total. The Balaban J connectivity index is 1.44. The largest absolute Gasteiger partial charge is 0.388 e. The number of aliphatic hydroxyl groups is 1. The van der Waals surface area contributed by atoms with Gasteiger partial charge in [0.1, 0.15) is 5.82 Å². The lowest BCUT2D eigenvalue weighted by atomic mass is 9.93. The lowest BCUT2D eigenvalue weighted by Crippen LogP contribution is -2.50. The van der Waals surface area contributed by atoms with E-state index in [2.05, 4.69) is 10.2 Å². The third-order valence-corrected chi connectivity index (χ3v) is 5.53. The maximum absolute atomic E-state index is 13.9. The zero-order chi connectivity index (χ0) is 17.0. The molecule has 2 N–H and O–H groups in total. The van der Waals surface area contributed by atoms with Gasteiger partial charge >= 0.3 is 0 Å². The summed E-state index contributed by atoms with van der Waals surface area (Å²) in [6.45, 7) is 4.27. The average molecular weight is 357 g/mol. The maximum Gasteiger partial charge on any atom is 0.129 e. The predicted molar refractivity (Wildman–Crippen MR) is 92.7 cm³/mol. The third-order valence-electron chi connectivity index (χ3n) is 5.17. The molecule has 134 valence electrons. The van der Waals surface area contributed by atoms with Crippen molar-refractivity contribution in [3.8, 4) is 0 Å². The number of hydrogen-bond donors (Lipinski definition) is 2. The SMILES string of the molecule is OC1(CNC2CCN(Cc3c(F)cccc3Cl)CC2)CCOCC1. The van der Waals surface area contributed by atoms with Gasteiger partial charge in [-0.3, -0.25) is 4.90 Å². The van der Waals surface area contributed by atoms with Crippen molar-refractivity contribution >= 4 is 11.6 Å². The fourth-order valence-electron chi connectivity index (χ4n) is 3.46. The van der Waals surface area contributed by atoms with Crippen molar-refractivity contribution in [3.05, 3.63) is 34.6 Å². The van der Waals surface area contributed by atoms with Gasteiger partial charge < -0.3 is 15.2 Å². The highest BCUT2D eigenvalue weighted by molar-refractivity contribution is 6.31. The highest BCUT2D eigenvalue weighted by atomic mass is 35.5. The van der Waals surface area contributed by atoms with Crippen molar-refractivity contribution in [1.29, 1.82) is 0 Å². The van der Waals surface area contributed by atoms with Crippen LogP contribution in [-0.2, 0) is 11.3 Å². The molecule has 1 aromatic rings.